The van der Waals surface area contributed by atoms with Gasteiger partial charge in [0.2, 0.25) is 5.91 Å². The number of rotatable bonds is 8. The first-order valence-electron chi connectivity index (χ1n) is 10.5. The van der Waals surface area contributed by atoms with Gasteiger partial charge in [0.15, 0.2) is 11.7 Å². The van der Waals surface area contributed by atoms with Crippen LogP contribution in [0.15, 0.2) is 89.5 Å². The highest BCUT2D eigenvalue weighted by Gasteiger charge is 2.10. The van der Waals surface area contributed by atoms with E-state index in [0.29, 0.717) is 23.1 Å². The molecule has 0 aliphatic rings. The molecule has 1 aromatic heterocycles. The predicted molar refractivity (Wildman–Crippen MR) is 129 cm³/mol. The van der Waals surface area contributed by atoms with Crippen LogP contribution in [0.3, 0.4) is 0 Å². The quantitative estimate of drug-likeness (QED) is 0.315. The SMILES string of the molecule is CC(Nc1ccc(NC(=O)CCc2ncc(-c3ccc(Cl)cc3)o2)cc1)c1ccccc1. The molecule has 0 radical (unpaired) electrons. The van der Waals surface area contributed by atoms with Gasteiger partial charge in [-0.15, -0.1) is 0 Å². The van der Waals surface area contributed by atoms with E-state index in [4.69, 9.17) is 16.0 Å². The van der Waals surface area contributed by atoms with Crippen LogP contribution < -0.4 is 10.6 Å². The molecule has 0 spiro atoms. The summed E-state index contributed by atoms with van der Waals surface area (Å²) in [6.45, 7) is 2.12. The Balaban J connectivity index is 1.27. The summed E-state index contributed by atoms with van der Waals surface area (Å²) in [7, 11) is 0. The van der Waals surface area contributed by atoms with Crippen LogP contribution >= 0.6 is 11.6 Å². The summed E-state index contributed by atoms with van der Waals surface area (Å²) in [5.41, 5.74) is 3.86. The number of aromatic nitrogens is 1. The van der Waals surface area contributed by atoms with E-state index in [0.717, 1.165) is 16.9 Å². The van der Waals surface area contributed by atoms with Gasteiger partial charge in [0.1, 0.15) is 0 Å². The number of hydrogen-bond acceptors (Lipinski definition) is 4. The van der Waals surface area contributed by atoms with Gasteiger partial charge < -0.3 is 15.1 Å². The first-order valence-corrected chi connectivity index (χ1v) is 10.9. The Labute approximate surface area is 192 Å². The normalized spacial score (nSPS) is 11.7. The zero-order valence-electron chi connectivity index (χ0n) is 17.7. The molecule has 0 bridgehead atoms. The Bertz CT molecular complexity index is 1160. The predicted octanol–water partition coefficient (Wildman–Crippen LogP) is 6.74. The van der Waals surface area contributed by atoms with Gasteiger partial charge in [0.25, 0.3) is 0 Å². The molecule has 1 heterocycles. The molecule has 0 aliphatic heterocycles. The standard InChI is InChI=1S/C26H24ClN3O2/c1-18(19-5-3-2-4-6-19)29-22-11-13-23(14-12-22)30-25(31)15-16-26-28-17-24(32-26)20-7-9-21(27)10-8-20/h2-14,17-18,29H,15-16H2,1H3,(H,30,31). The topological polar surface area (TPSA) is 67.2 Å². The summed E-state index contributed by atoms with van der Waals surface area (Å²) in [6, 6.07) is 25.5. The zero-order valence-corrected chi connectivity index (χ0v) is 18.5. The fourth-order valence-corrected chi connectivity index (χ4v) is 3.47. The minimum atomic E-state index is -0.0883. The van der Waals surface area contributed by atoms with Gasteiger partial charge in [0, 0.05) is 40.8 Å². The Hall–Kier alpha value is -3.57. The van der Waals surface area contributed by atoms with Crippen molar-refractivity contribution in [2.75, 3.05) is 10.6 Å². The molecule has 3 aromatic carbocycles. The van der Waals surface area contributed by atoms with Crippen LogP contribution in [0.25, 0.3) is 11.3 Å². The van der Waals surface area contributed by atoms with Crippen LogP contribution in [-0.4, -0.2) is 10.9 Å². The molecular formula is C26H24ClN3O2. The summed E-state index contributed by atoms with van der Waals surface area (Å²) in [4.78, 5) is 16.6. The van der Waals surface area contributed by atoms with Crippen molar-refractivity contribution in [2.45, 2.75) is 25.8 Å². The van der Waals surface area contributed by atoms with Gasteiger partial charge in [-0.25, -0.2) is 4.98 Å². The Morgan fingerprint density at radius 2 is 1.66 bits per heavy atom. The van der Waals surface area contributed by atoms with Crippen LogP contribution in [0.5, 0.6) is 0 Å². The maximum atomic E-state index is 12.3. The van der Waals surface area contributed by atoms with E-state index in [1.807, 2.05) is 54.6 Å². The summed E-state index contributed by atoms with van der Waals surface area (Å²) in [5.74, 6) is 1.10. The van der Waals surface area contributed by atoms with Gasteiger partial charge in [-0.1, -0.05) is 41.9 Å². The molecule has 4 rings (SSSR count). The molecule has 0 fully saturated rings. The van der Waals surface area contributed by atoms with Gasteiger partial charge in [0.05, 0.1) is 6.20 Å². The second-order valence-electron chi connectivity index (χ2n) is 7.53. The lowest BCUT2D eigenvalue weighted by Gasteiger charge is -2.16. The fourth-order valence-electron chi connectivity index (χ4n) is 3.34. The molecule has 0 aliphatic carbocycles. The third-order valence-corrected chi connectivity index (χ3v) is 5.35. The first kappa shape index (κ1) is 21.7. The number of oxazole rings is 1. The largest absolute Gasteiger partial charge is 0.441 e. The molecule has 6 heteroatoms. The Morgan fingerprint density at radius 1 is 0.969 bits per heavy atom. The van der Waals surface area contributed by atoms with Gasteiger partial charge in [-0.3, -0.25) is 4.79 Å². The molecule has 0 saturated heterocycles. The zero-order chi connectivity index (χ0) is 22.3. The van der Waals surface area contributed by atoms with Crippen molar-refractivity contribution in [1.82, 2.24) is 4.98 Å². The van der Waals surface area contributed by atoms with Crippen molar-refractivity contribution < 1.29 is 9.21 Å². The highest BCUT2D eigenvalue weighted by Crippen LogP contribution is 2.23. The Morgan fingerprint density at radius 3 is 2.38 bits per heavy atom. The third kappa shape index (κ3) is 5.77. The van der Waals surface area contributed by atoms with Crippen molar-refractivity contribution in [3.05, 3.63) is 102 Å². The van der Waals surface area contributed by atoms with Crippen LogP contribution in [0.2, 0.25) is 5.02 Å². The molecule has 32 heavy (non-hydrogen) atoms. The summed E-state index contributed by atoms with van der Waals surface area (Å²) in [6.07, 6.45) is 2.37. The number of nitrogens with one attached hydrogen (secondary N) is 2. The van der Waals surface area contributed by atoms with Crippen molar-refractivity contribution in [2.24, 2.45) is 0 Å². The molecular weight excluding hydrogens is 422 g/mol. The van der Waals surface area contributed by atoms with Crippen LogP contribution in [0, 0.1) is 0 Å². The number of nitrogens with zero attached hydrogens (tertiary/aromatic N) is 1. The number of anilines is 2. The number of benzene rings is 3. The number of carbonyl (C=O) groups excluding carboxylic acids is 1. The fraction of sp³-hybridized carbons (Fsp3) is 0.154. The maximum absolute atomic E-state index is 12.3. The average Bonchev–Trinajstić information content (AvgIpc) is 3.29. The highest BCUT2D eigenvalue weighted by atomic mass is 35.5. The molecule has 1 atom stereocenters. The van der Waals surface area contributed by atoms with E-state index >= 15 is 0 Å². The maximum Gasteiger partial charge on any atom is 0.224 e. The van der Waals surface area contributed by atoms with Crippen LogP contribution in [0.1, 0.15) is 30.8 Å². The minimum Gasteiger partial charge on any atom is -0.441 e. The van der Waals surface area contributed by atoms with Crippen molar-refractivity contribution in [1.29, 1.82) is 0 Å². The first-order chi connectivity index (χ1) is 15.6. The van der Waals surface area contributed by atoms with E-state index in [1.165, 1.54) is 5.56 Å². The average molecular weight is 446 g/mol. The lowest BCUT2D eigenvalue weighted by Crippen LogP contribution is -2.12. The number of halogens is 1. The van der Waals surface area contributed by atoms with E-state index in [1.54, 1.807) is 18.3 Å². The monoisotopic (exact) mass is 445 g/mol. The van der Waals surface area contributed by atoms with Crippen molar-refractivity contribution >= 4 is 28.9 Å². The summed E-state index contributed by atoms with van der Waals surface area (Å²) in [5, 5.41) is 7.05. The highest BCUT2D eigenvalue weighted by molar-refractivity contribution is 6.30. The molecule has 2 N–H and O–H groups in total. The van der Waals surface area contributed by atoms with Gasteiger partial charge in [-0.2, -0.15) is 0 Å². The Kier molecular flexibility index (Phi) is 6.87. The molecule has 0 saturated carbocycles. The van der Waals surface area contributed by atoms with Crippen LogP contribution in [0.4, 0.5) is 11.4 Å². The minimum absolute atomic E-state index is 0.0883. The lowest BCUT2D eigenvalue weighted by atomic mass is 10.1. The van der Waals surface area contributed by atoms with E-state index in [-0.39, 0.29) is 18.4 Å². The number of carbonyl (C=O) groups is 1. The molecule has 162 valence electrons. The number of hydrogen-bond donors (Lipinski definition) is 2. The molecule has 1 amide bonds. The van der Waals surface area contributed by atoms with Gasteiger partial charge in [-0.05, 0) is 61.0 Å². The van der Waals surface area contributed by atoms with E-state index in [9.17, 15) is 4.79 Å². The van der Waals surface area contributed by atoms with E-state index in [2.05, 4.69) is 34.7 Å². The number of amides is 1. The summed E-state index contributed by atoms with van der Waals surface area (Å²) >= 11 is 5.92. The third-order valence-electron chi connectivity index (χ3n) is 5.10. The molecule has 1 unspecified atom stereocenters. The second-order valence-corrected chi connectivity index (χ2v) is 7.96. The van der Waals surface area contributed by atoms with E-state index < -0.39 is 0 Å². The second kappa shape index (κ2) is 10.2. The lowest BCUT2D eigenvalue weighted by molar-refractivity contribution is -0.116. The van der Waals surface area contributed by atoms with Gasteiger partial charge >= 0.3 is 0 Å². The van der Waals surface area contributed by atoms with Crippen molar-refractivity contribution in [3.63, 3.8) is 0 Å². The summed E-state index contributed by atoms with van der Waals surface area (Å²) < 4.78 is 5.76. The smallest absolute Gasteiger partial charge is 0.224 e. The van der Waals surface area contributed by atoms with Crippen LogP contribution in [-0.2, 0) is 11.2 Å². The van der Waals surface area contributed by atoms with Crippen molar-refractivity contribution in [3.8, 4) is 11.3 Å². The molecule has 5 nitrogen and oxygen atoms in total. The molecule has 4 aromatic rings. The number of aryl methyl sites for hydroxylation is 1.